The summed E-state index contributed by atoms with van der Waals surface area (Å²) in [7, 11) is 3.75. The molecule has 0 aliphatic carbocycles. The number of nitrogens with zero attached hydrogens (tertiary/aromatic N) is 2. The summed E-state index contributed by atoms with van der Waals surface area (Å²) in [5.41, 5.74) is 1.62. The highest BCUT2D eigenvalue weighted by molar-refractivity contribution is 5.87. The number of hydrogen-bond donors (Lipinski definition) is 2. The van der Waals surface area contributed by atoms with Crippen molar-refractivity contribution in [2.24, 2.45) is 10.2 Å². The number of carboxylic acids is 1. The van der Waals surface area contributed by atoms with Crippen molar-refractivity contribution in [2.75, 3.05) is 14.1 Å². The number of azo groups is 1. The number of rotatable bonds is 3. The van der Waals surface area contributed by atoms with Crippen LogP contribution in [0.1, 0.15) is 10.4 Å². The average molecular weight is 271 g/mol. The summed E-state index contributed by atoms with van der Waals surface area (Å²) in [6.07, 6.45) is 0. The van der Waals surface area contributed by atoms with E-state index in [1.807, 2.05) is 44.4 Å². The van der Waals surface area contributed by atoms with E-state index in [2.05, 4.69) is 15.5 Å². The lowest BCUT2D eigenvalue weighted by Gasteiger charge is -1.95. The predicted molar refractivity (Wildman–Crippen MR) is 79.0 cm³/mol. The van der Waals surface area contributed by atoms with Crippen molar-refractivity contribution < 1.29 is 9.90 Å². The Hall–Kier alpha value is -2.53. The Balaban J connectivity index is 0.000000612. The summed E-state index contributed by atoms with van der Waals surface area (Å²) in [5.74, 6) is -0.948. The molecule has 2 aromatic carbocycles. The highest BCUT2D eigenvalue weighted by Gasteiger charge is 2.00. The van der Waals surface area contributed by atoms with Crippen molar-refractivity contribution >= 4 is 17.3 Å². The van der Waals surface area contributed by atoms with E-state index >= 15 is 0 Å². The Bertz CT molecular complexity index is 551. The molecule has 0 aliphatic rings. The zero-order chi connectivity index (χ0) is 14.8. The summed E-state index contributed by atoms with van der Waals surface area (Å²) in [4.78, 5) is 10.6. The molecule has 0 saturated carbocycles. The molecule has 0 aliphatic heterocycles. The molecule has 0 fully saturated rings. The van der Waals surface area contributed by atoms with Crippen LogP contribution in [-0.4, -0.2) is 25.2 Å². The second kappa shape index (κ2) is 8.55. The van der Waals surface area contributed by atoms with Gasteiger partial charge in [-0.25, -0.2) is 4.79 Å². The van der Waals surface area contributed by atoms with Crippen LogP contribution >= 0.6 is 0 Å². The molecule has 2 aromatic rings. The van der Waals surface area contributed by atoms with E-state index in [-0.39, 0.29) is 5.56 Å². The summed E-state index contributed by atoms with van der Waals surface area (Å²) < 4.78 is 0. The first-order valence-electron chi connectivity index (χ1n) is 6.06. The molecule has 0 saturated heterocycles. The van der Waals surface area contributed by atoms with E-state index < -0.39 is 5.97 Å². The van der Waals surface area contributed by atoms with E-state index in [1.165, 1.54) is 12.1 Å². The van der Waals surface area contributed by atoms with Gasteiger partial charge in [-0.1, -0.05) is 18.2 Å². The topological polar surface area (TPSA) is 74.0 Å². The maximum Gasteiger partial charge on any atom is 0.335 e. The van der Waals surface area contributed by atoms with Crippen LogP contribution in [0.15, 0.2) is 64.8 Å². The van der Waals surface area contributed by atoms with Crippen molar-refractivity contribution in [2.45, 2.75) is 0 Å². The molecule has 2 N–H and O–H groups in total. The van der Waals surface area contributed by atoms with Crippen LogP contribution in [-0.2, 0) is 0 Å². The first-order chi connectivity index (χ1) is 9.67. The van der Waals surface area contributed by atoms with Gasteiger partial charge in [0.1, 0.15) is 0 Å². The van der Waals surface area contributed by atoms with Gasteiger partial charge in [0.05, 0.1) is 16.9 Å². The molecule has 0 spiro atoms. The second-order valence-electron chi connectivity index (χ2n) is 3.89. The van der Waals surface area contributed by atoms with Crippen LogP contribution in [0.3, 0.4) is 0 Å². The minimum absolute atomic E-state index is 0.240. The van der Waals surface area contributed by atoms with Gasteiger partial charge in [-0.3, -0.25) is 0 Å². The van der Waals surface area contributed by atoms with Crippen molar-refractivity contribution in [3.63, 3.8) is 0 Å². The number of benzene rings is 2. The largest absolute Gasteiger partial charge is 0.478 e. The highest BCUT2D eigenvalue weighted by atomic mass is 16.4. The summed E-state index contributed by atoms with van der Waals surface area (Å²) in [6, 6.07) is 15.6. The van der Waals surface area contributed by atoms with Crippen LogP contribution in [0.2, 0.25) is 0 Å². The first kappa shape index (κ1) is 15.5. The average Bonchev–Trinajstić information content (AvgIpc) is 2.47. The molecule has 0 aromatic heterocycles. The quantitative estimate of drug-likeness (QED) is 0.837. The Kier molecular flexibility index (Phi) is 6.64. The molecule has 104 valence electrons. The summed E-state index contributed by atoms with van der Waals surface area (Å²) in [5, 5.41) is 19.5. The van der Waals surface area contributed by atoms with Gasteiger partial charge in [-0.2, -0.15) is 10.2 Å². The van der Waals surface area contributed by atoms with Gasteiger partial charge in [0.2, 0.25) is 0 Å². The molecule has 5 heteroatoms. The Morgan fingerprint density at radius 2 is 1.35 bits per heavy atom. The van der Waals surface area contributed by atoms with Crippen molar-refractivity contribution in [1.29, 1.82) is 0 Å². The number of carbonyl (C=O) groups is 1. The van der Waals surface area contributed by atoms with Crippen molar-refractivity contribution in [3.05, 3.63) is 60.2 Å². The lowest BCUT2D eigenvalue weighted by Crippen LogP contribution is -1.93. The van der Waals surface area contributed by atoms with E-state index in [0.29, 0.717) is 5.69 Å². The molecular weight excluding hydrogens is 254 g/mol. The molecule has 0 bridgehead atoms. The van der Waals surface area contributed by atoms with Gasteiger partial charge in [0.15, 0.2) is 0 Å². The molecular formula is C15H17N3O2. The monoisotopic (exact) mass is 271 g/mol. The van der Waals surface area contributed by atoms with E-state index in [4.69, 9.17) is 5.11 Å². The third-order valence-corrected chi connectivity index (χ3v) is 2.15. The fourth-order valence-electron chi connectivity index (χ4n) is 1.28. The van der Waals surface area contributed by atoms with Crippen LogP contribution in [0, 0.1) is 0 Å². The van der Waals surface area contributed by atoms with Gasteiger partial charge in [0.25, 0.3) is 0 Å². The highest BCUT2D eigenvalue weighted by Crippen LogP contribution is 2.18. The third-order valence-electron chi connectivity index (χ3n) is 2.15. The minimum atomic E-state index is -0.948. The fourth-order valence-corrected chi connectivity index (χ4v) is 1.28. The van der Waals surface area contributed by atoms with Crippen LogP contribution in [0.25, 0.3) is 0 Å². The van der Waals surface area contributed by atoms with Crippen LogP contribution < -0.4 is 5.32 Å². The molecule has 20 heavy (non-hydrogen) atoms. The maximum absolute atomic E-state index is 10.6. The van der Waals surface area contributed by atoms with Gasteiger partial charge >= 0.3 is 5.97 Å². The zero-order valence-electron chi connectivity index (χ0n) is 11.4. The standard InChI is InChI=1S/C13H10N2O2.C2H7N/c16-13(17)10-6-8-12(9-7-10)15-14-11-4-2-1-3-5-11;1-3-2/h1-9H,(H,16,17);3H,1-2H3. The van der Waals surface area contributed by atoms with Crippen molar-refractivity contribution in [3.8, 4) is 0 Å². The number of hydrogen-bond acceptors (Lipinski definition) is 4. The van der Waals surface area contributed by atoms with Crippen molar-refractivity contribution in [1.82, 2.24) is 5.32 Å². The summed E-state index contributed by atoms with van der Waals surface area (Å²) >= 11 is 0. The molecule has 0 amide bonds. The van der Waals surface area contributed by atoms with Gasteiger partial charge in [-0.05, 0) is 50.5 Å². The Labute approximate surface area is 118 Å². The molecule has 0 radical (unpaired) electrons. The number of nitrogens with one attached hydrogen (secondary N) is 1. The Morgan fingerprint density at radius 1 is 0.900 bits per heavy atom. The van der Waals surface area contributed by atoms with E-state index in [0.717, 1.165) is 5.69 Å². The fraction of sp³-hybridized carbons (Fsp3) is 0.133. The third kappa shape index (κ3) is 5.41. The number of carboxylic acid groups (broad SMARTS) is 1. The van der Waals surface area contributed by atoms with Gasteiger partial charge in [0, 0.05) is 0 Å². The van der Waals surface area contributed by atoms with Crippen LogP contribution in [0.5, 0.6) is 0 Å². The smallest absolute Gasteiger partial charge is 0.335 e. The molecule has 0 heterocycles. The maximum atomic E-state index is 10.6. The molecule has 5 nitrogen and oxygen atoms in total. The number of aromatic carboxylic acids is 1. The first-order valence-corrected chi connectivity index (χ1v) is 6.06. The Morgan fingerprint density at radius 3 is 1.80 bits per heavy atom. The van der Waals surface area contributed by atoms with E-state index in [9.17, 15) is 4.79 Å². The van der Waals surface area contributed by atoms with Gasteiger partial charge in [-0.15, -0.1) is 0 Å². The normalized spacial score (nSPS) is 9.90. The zero-order valence-corrected chi connectivity index (χ0v) is 11.4. The minimum Gasteiger partial charge on any atom is -0.478 e. The predicted octanol–water partition coefficient (Wildman–Crippen LogP) is 3.64. The lowest BCUT2D eigenvalue weighted by molar-refractivity contribution is 0.0697. The molecule has 2 rings (SSSR count). The van der Waals surface area contributed by atoms with Gasteiger partial charge < -0.3 is 10.4 Å². The summed E-state index contributed by atoms with van der Waals surface area (Å²) in [6.45, 7) is 0. The second-order valence-corrected chi connectivity index (χ2v) is 3.89. The molecule has 0 unspecified atom stereocenters. The van der Waals surface area contributed by atoms with Crippen LogP contribution in [0.4, 0.5) is 11.4 Å². The lowest BCUT2D eigenvalue weighted by atomic mass is 10.2. The molecule has 0 atom stereocenters. The SMILES string of the molecule is CNC.O=C(O)c1ccc(N=Nc2ccccc2)cc1. The van der Waals surface area contributed by atoms with E-state index in [1.54, 1.807) is 12.1 Å².